The van der Waals surface area contributed by atoms with Gasteiger partial charge < -0.3 is 4.74 Å². The maximum absolute atomic E-state index is 5.38. The molecular weight excluding hydrogens is 184 g/mol. The largest absolute Gasteiger partial charge is 0.496 e. The van der Waals surface area contributed by atoms with Crippen molar-refractivity contribution in [1.82, 2.24) is 0 Å². The Labute approximate surface area is 92.8 Å². The number of ether oxygens (including phenoxy) is 1. The van der Waals surface area contributed by atoms with Crippen LogP contribution in [-0.4, -0.2) is 7.11 Å². The van der Waals surface area contributed by atoms with Crippen LogP contribution in [0.5, 0.6) is 5.75 Å². The number of hydrogen-bond donors (Lipinski definition) is 0. The molecule has 0 aliphatic carbocycles. The third-order valence-electron chi connectivity index (χ3n) is 2.63. The first-order chi connectivity index (χ1) is 7.19. The Hall–Kier alpha value is -1.24. The average molecular weight is 204 g/mol. The van der Waals surface area contributed by atoms with Gasteiger partial charge in [-0.1, -0.05) is 31.2 Å². The molecule has 82 valence electrons. The first-order valence-electron chi connectivity index (χ1n) is 5.44. The number of methoxy groups -OCH3 is 1. The minimum atomic E-state index is 0.560. The van der Waals surface area contributed by atoms with E-state index >= 15 is 0 Å². The highest BCUT2D eigenvalue weighted by Gasteiger charge is 2.08. The zero-order chi connectivity index (χ0) is 11.3. The van der Waals surface area contributed by atoms with E-state index in [4.69, 9.17) is 4.74 Å². The van der Waals surface area contributed by atoms with Crippen LogP contribution in [-0.2, 0) is 6.42 Å². The lowest BCUT2D eigenvalue weighted by Gasteiger charge is -2.13. The highest BCUT2D eigenvalue weighted by molar-refractivity contribution is 5.40. The van der Waals surface area contributed by atoms with Crippen LogP contribution in [0.4, 0.5) is 0 Å². The maximum Gasteiger partial charge on any atom is 0.122 e. The lowest BCUT2D eigenvalue weighted by molar-refractivity contribution is 0.407. The summed E-state index contributed by atoms with van der Waals surface area (Å²) in [6, 6.07) is 6.21. The fourth-order valence-electron chi connectivity index (χ4n) is 1.85. The Morgan fingerprint density at radius 3 is 2.73 bits per heavy atom. The lowest BCUT2D eigenvalue weighted by atomic mass is 9.96. The Kier molecular flexibility index (Phi) is 4.41. The highest BCUT2D eigenvalue weighted by Crippen LogP contribution is 2.24. The summed E-state index contributed by atoms with van der Waals surface area (Å²) < 4.78 is 5.38. The molecule has 1 aromatic rings. The average Bonchev–Trinajstić information content (AvgIpc) is 2.21. The summed E-state index contributed by atoms with van der Waals surface area (Å²) in [6.45, 7) is 6.43. The van der Waals surface area contributed by atoms with Gasteiger partial charge in [-0.2, -0.15) is 0 Å². The Morgan fingerprint density at radius 2 is 2.13 bits per heavy atom. The standard InChI is InChI=1S/C14H20O/c1-5-7-11(2)10-13-12(3)8-6-9-14(13)15-4/h5-9,11H,10H2,1-4H3/b7-5-. The van der Waals surface area contributed by atoms with Crippen molar-refractivity contribution in [3.63, 3.8) is 0 Å². The summed E-state index contributed by atoms with van der Waals surface area (Å²) in [4.78, 5) is 0. The molecule has 1 aromatic carbocycles. The molecule has 0 spiro atoms. The second-order valence-electron chi connectivity index (χ2n) is 3.96. The summed E-state index contributed by atoms with van der Waals surface area (Å²) in [6.07, 6.45) is 5.38. The van der Waals surface area contributed by atoms with Crippen LogP contribution < -0.4 is 4.74 Å². The molecule has 0 aliphatic rings. The fourth-order valence-corrected chi connectivity index (χ4v) is 1.85. The predicted molar refractivity (Wildman–Crippen MR) is 65.4 cm³/mol. The van der Waals surface area contributed by atoms with E-state index in [0.29, 0.717) is 5.92 Å². The van der Waals surface area contributed by atoms with Crippen molar-refractivity contribution < 1.29 is 4.74 Å². The summed E-state index contributed by atoms with van der Waals surface area (Å²) in [5.41, 5.74) is 2.64. The third-order valence-corrected chi connectivity index (χ3v) is 2.63. The third kappa shape index (κ3) is 3.12. The molecule has 0 fully saturated rings. The lowest BCUT2D eigenvalue weighted by Crippen LogP contribution is -2.01. The van der Waals surface area contributed by atoms with Gasteiger partial charge in [0.15, 0.2) is 0 Å². The second-order valence-corrected chi connectivity index (χ2v) is 3.96. The number of benzene rings is 1. The van der Waals surface area contributed by atoms with E-state index in [1.807, 2.05) is 12.1 Å². The van der Waals surface area contributed by atoms with Gasteiger partial charge in [-0.15, -0.1) is 0 Å². The molecule has 0 saturated carbocycles. The highest BCUT2D eigenvalue weighted by atomic mass is 16.5. The van der Waals surface area contributed by atoms with Gasteiger partial charge >= 0.3 is 0 Å². The van der Waals surface area contributed by atoms with E-state index < -0.39 is 0 Å². The fraction of sp³-hybridized carbons (Fsp3) is 0.429. The molecule has 1 unspecified atom stereocenters. The summed E-state index contributed by atoms with van der Waals surface area (Å²) >= 11 is 0. The van der Waals surface area contributed by atoms with Crippen molar-refractivity contribution in [3.05, 3.63) is 41.5 Å². The normalized spacial score (nSPS) is 13.1. The quantitative estimate of drug-likeness (QED) is 0.678. The van der Waals surface area contributed by atoms with Crippen LogP contribution in [0.1, 0.15) is 25.0 Å². The van der Waals surface area contributed by atoms with Crippen molar-refractivity contribution in [2.24, 2.45) is 5.92 Å². The topological polar surface area (TPSA) is 9.23 Å². The Bertz CT molecular complexity index is 339. The first-order valence-corrected chi connectivity index (χ1v) is 5.44. The molecule has 1 atom stereocenters. The number of rotatable bonds is 4. The zero-order valence-electron chi connectivity index (χ0n) is 10.1. The van der Waals surface area contributed by atoms with E-state index in [9.17, 15) is 0 Å². The van der Waals surface area contributed by atoms with Crippen molar-refractivity contribution in [1.29, 1.82) is 0 Å². The number of hydrogen-bond acceptors (Lipinski definition) is 1. The molecule has 0 heterocycles. The van der Waals surface area contributed by atoms with Gasteiger partial charge in [0.25, 0.3) is 0 Å². The molecule has 0 aromatic heterocycles. The van der Waals surface area contributed by atoms with Crippen molar-refractivity contribution in [2.75, 3.05) is 7.11 Å². The van der Waals surface area contributed by atoms with E-state index in [2.05, 4.69) is 39.0 Å². The van der Waals surface area contributed by atoms with Crippen LogP contribution >= 0.6 is 0 Å². The van der Waals surface area contributed by atoms with Gasteiger partial charge in [-0.3, -0.25) is 0 Å². The molecule has 0 saturated heterocycles. The Morgan fingerprint density at radius 1 is 1.40 bits per heavy atom. The van der Waals surface area contributed by atoms with E-state index in [1.54, 1.807) is 7.11 Å². The van der Waals surface area contributed by atoms with Crippen LogP contribution in [0.25, 0.3) is 0 Å². The first kappa shape index (κ1) is 11.8. The van der Waals surface area contributed by atoms with Gasteiger partial charge in [0.2, 0.25) is 0 Å². The minimum absolute atomic E-state index is 0.560. The SMILES string of the molecule is C/C=C\C(C)Cc1c(C)cccc1OC. The van der Waals surface area contributed by atoms with Crippen LogP contribution in [0.15, 0.2) is 30.4 Å². The van der Waals surface area contributed by atoms with Gasteiger partial charge in [0.05, 0.1) is 7.11 Å². The van der Waals surface area contributed by atoms with Crippen LogP contribution in [0.2, 0.25) is 0 Å². The van der Waals surface area contributed by atoms with Gasteiger partial charge in [-0.05, 0) is 43.4 Å². The molecule has 1 nitrogen and oxygen atoms in total. The molecule has 0 amide bonds. The van der Waals surface area contributed by atoms with E-state index in [-0.39, 0.29) is 0 Å². The maximum atomic E-state index is 5.38. The van der Waals surface area contributed by atoms with Crippen LogP contribution in [0.3, 0.4) is 0 Å². The molecule has 1 heteroatoms. The zero-order valence-corrected chi connectivity index (χ0v) is 10.1. The monoisotopic (exact) mass is 204 g/mol. The molecule has 0 bridgehead atoms. The van der Waals surface area contributed by atoms with Crippen molar-refractivity contribution in [3.8, 4) is 5.75 Å². The van der Waals surface area contributed by atoms with Gasteiger partial charge in [-0.25, -0.2) is 0 Å². The van der Waals surface area contributed by atoms with E-state index in [1.165, 1.54) is 11.1 Å². The van der Waals surface area contributed by atoms with E-state index in [0.717, 1.165) is 12.2 Å². The molecule has 15 heavy (non-hydrogen) atoms. The predicted octanol–water partition coefficient (Wildman–Crippen LogP) is 3.76. The summed E-state index contributed by atoms with van der Waals surface area (Å²) in [5, 5.41) is 0. The molecule has 0 aliphatic heterocycles. The summed E-state index contributed by atoms with van der Waals surface area (Å²) in [7, 11) is 1.73. The summed E-state index contributed by atoms with van der Waals surface area (Å²) in [5.74, 6) is 1.57. The smallest absolute Gasteiger partial charge is 0.122 e. The van der Waals surface area contributed by atoms with Crippen LogP contribution in [0, 0.1) is 12.8 Å². The van der Waals surface area contributed by atoms with Gasteiger partial charge in [0.1, 0.15) is 5.75 Å². The molecule has 1 rings (SSSR count). The Balaban J connectivity index is 2.92. The molecular formula is C14H20O. The number of allylic oxidation sites excluding steroid dienone is 2. The van der Waals surface area contributed by atoms with Crippen molar-refractivity contribution >= 4 is 0 Å². The van der Waals surface area contributed by atoms with Gasteiger partial charge in [0, 0.05) is 0 Å². The molecule has 0 radical (unpaired) electrons. The molecule has 0 N–H and O–H groups in total. The minimum Gasteiger partial charge on any atom is -0.496 e. The second kappa shape index (κ2) is 5.59. The number of aryl methyl sites for hydroxylation is 1. The van der Waals surface area contributed by atoms with Crippen molar-refractivity contribution in [2.45, 2.75) is 27.2 Å².